The van der Waals surface area contributed by atoms with Crippen LogP contribution < -0.4 is 15.0 Å². The van der Waals surface area contributed by atoms with Crippen LogP contribution in [0, 0.1) is 6.92 Å². The third-order valence-electron chi connectivity index (χ3n) is 7.80. The molecule has 4 rings (SSSR count). The van der Waals surface area contributed by atoms with E-state index in [0.717, 1.165) is 47.8 Å². The van der Waals surface area contributed by atoms with Crippen LogP contribution in [0.15, 0.2) is 48.8 Å². The van der Waals surface area contributed by atoms with Gasteiger partial charge < -0.3 is 24.4 Å². The Labute approximate surface area is 231 Å². The van der Waals surface area contributed by atoms with Crippen LogP contribution >= 0.6 is 11.6 Å². The summed E-state index contributed by atoms with van der Waals surface area (Å²) in [7, 11) is 5.99. The topological polar surface area (TPSA) is 62.6 Å². The zero-order valence-corrected chi connectivity index (χ0v) is 24.0. The summed E-state index contributed by atoms with van der Waals surface area (Å²) < 4.78 is 7.29. The Bertz CT molecular complexity index is 1220. The second-order valence-corrected chi connectivity index (χ2v) is 10.7. The van der Waals surface area contributed by atoms with Crippen LogP contribution in [0.25, 0.3) is 0 Å². The lowest BCUT2D eigenvalue weighted by Gasteiger charge is -2.40. The molecule has 0 unspecified atom stereocenters. The molecule has 0 saturated heterocycles. The molecule has 38 heavy (non-hydrogen) atoms. The number of hydrogen-bond donors (Lipinski definition) is 1. The summed E-state index contributed by atoms with van der Waals surface area (Å²) in [4.78, 5) is 22.6. The van der Waals surface area contributed by atoms with Gasteiger partial charge in [-0.25, -0.2) is 4.98 Å². The summed E-state index contributed by atoms with van der Waals surface area (Å²) in [5, 5.41) is 3.65. The van der Waals surface area contributed by atoms with Crippen LogP contribution in [0.3, 0.4) is 0 Å². The van der Waals surface area contributed by atoms with E-state index in [1.54, 1.807) is 19.4 Å². The third kappa shape index (κ3) is 6.51. The van der Waals surface area contributed by atoms with Crippen molar-refractivity contribution < 1.29 is 9.53 Å². The largest absolute Gasteiger partial charge is 0.497 e. The molecule has 1 aliphatic rings. The highest BCUT2D eigenvalue weighted by Gasteiger charge is 2.28. The van der Waals surface area contributed by atoms with E-state index in [-0.39, 0.29) is 5.91 Å². The molecule has 204 valence electrons. The zero-order valence-electron chi connectivity index (χ0n) is 23.2. The molecule has 0 bridgehead atoms. The molecule has 0 spiro atoms. The molecule has 1 fully saturated rings. The Hall–Kier alpha value is -3.03. The lowest BCUT2D eigenvalue weighted by molar-refractivity contribution is 0.0949. The van der Waals surface area contributed by atoms with Crippen molar-refractivity contribution in [1.82, 2.24) is 19.8 Å². The van der Waals surface area contributed by atoms with Crippen LogP contribution in [0.4, 0.5) is 5.69 Å². The van der Waals surface area contributed by atoms with E-state index in [1.807, 2.05) is 48.0 Å². The van der Waals surface area contributed by atoms with Gasteiger partial charge in [-0.15, -0.1) is 0 Å². The van der Waals surface area contributed by atoms with Crippen LogP contribution in [0.2, 0.25) is 5.02 Å². The van der Waals surface area contributed by atoms with Gasteiger partial charge in [-0.2, -0.15) is 0 Å². The number of ether oxygens (including phenoxy) is 1. The monoisotopic (exact) mass is 537 g/mol. The summed E-state index contributed by atoms with van der Waals surface area (Å²) in [6.07, 6.45) is 8.34. The standard InChI is InChI=1S/C30H40ClN5O2/c1-6-36(25-11-9-24(10-12-25)34(3)4)28-18-23(31)17-27(21(28)2)30(37)33-19-29-32-15-16-35(29)20-22-7-13-26(38-5)14-8-22/h7-8,13-18,24-25H,6,9-12,19-20H2,1-5H3,(H,33,37). The number of imidazole rings is 1. The number of carbonyl (C=O) groups is 1. The molecule has 3 aromatic rings. The molecule has 2 aromatic carbocycles. The number of halogens is 1. The van der Waals surface area contributed by atoms with Crippen molar-refractivity contribution in [2.75, 3.05) is 32.6 Å². The second-order valence-electron chi connectivity index (χ2n) is 10.3. The van der Waals surface area contributed by atoms with E-state index in [0.29, 0.717) is 35.8 Å². The second kappa shape index (κ2) is 12.7. The van der Waals surface area contributed by atoms with Crippen LogP contribution in [-0.4, -0.2) is 60.2 Å². The minimum Gasteiger partial charge on any atom is -0.497 e. The lowest BCUT2D eigenvalue weighted by atomic mass is 9.89. The molecular formula is C30H40ClN5O2. The first-order valence-corrected chi connectivity index (χ1v) is 13.8. The highest BCUT2D eigenvalue weighted by molar-refractivity contribution is 6.31. The molecule has 0 aliphatic heterocycles. The van der Waals surface area contributed by atoms with Crippen LogP contribution in [0.5, 0.6) is 5.75 Å². The summed E-state index contributed by atoms with van der Waals surface area (Å²) >= 11 is 6.57. The smallest absolute Gasteiger partial charge is 0.252 e. The van der Waals surface area contributed by atoms with Gasteiger partial charge in [0.2, 0.25) is 0 Å². The van der Waals surface area contributed by atoms with Gasteiger partial charge in [0.05, 0.1) is 13.7 Å². The fourth-order valence-electron chi connectivity index (χ4n) is 5.54. The van der Waals surface area contributed by atoms with Crippen molar-refractivity contribution in [1.29, 1.82) is 0 Å². The molecule has 1 aliphatic carbocycles. The van der Waals surface area contributed by atoms with Crippen LogP contribution in [-0.2, 0) is 13.1 Å². The molecule has 0 radical (unpaired) electrons. The average molecular weight is 538 g/mol. The number of carbonyl (C=O) groups excluding carboxylic acids is 1. The van der Waals surface area contributed by atoms with E-state index in [4.69, 9.17) is 16.3 Å². The summed E-state index contributed by atoms with van der Waals surface area (Å²) in [6, 6.07) is 12.8. The van der Waals surface area contributed by atoms with E-state index >= 15 is 0 Å². The third-order valence-corrected chi connectivity index (χ3v) is 8.02. The van der Waals surface area contributed by atoms with Gasteiger partial charge in [0.25, 0.3) is 5.91 Å². The highest BCUT2D eigenvalue weighted by atomic mass is 35.5. The first-order valence-electron chi connectivity index (χ1n) is 13.4. The molecule has 8 heteroatoms. The van der Waals surface area contributed by atoms with Crippen molar-refractivity contribution in [3.8, 4) is 5.75 Å². The van der Waals surface area contributed by atoms with Gasteiger partial charge in [0.15, 0.2) is 0 Å². The lowest BCUT2D eigenvalue weighted by Crippen LogP contribution is -2.42. The Kier molecular flexibility index (Phi) is 9.34. The van der Waals surface area contributed by atoms with Crippen LogP contribution in [0.1, 0.15) is 59.9 Å². The van der Waals surface area contributed by atoms with Gasteiger partial charge >= 0.3 is 0 Å². The minimum atomic E-state index is -0.141. The molecule has 0 atom stereocenters. The van der Waals surface area contributed by atoms with Gasteiger partial charge in [0.1, 0.15) is 11.6 Å². The first-order chi connectivity index (χ1) is 18.3. The maximum Gasteiger partial charge on any atom is 0.252 e. The van der Waals surface area contributed by atoms with E-state index in [2.05, 4.69) is 41.1 Å². The number of hydrogen-bond acceptors (Lipinski definition) is 5. The number of benzene rings is 2. The molecule has 1 N–H and O–H groups in total. The molecular weight excluding hydrogens is 498 g/mol. The fourth-order valence-corrected chi connectivity index (χ4v) is 5.76. The predicted octanol–water partition coefficient (Wildman–Crippen LogP) is 5.53. The predicted molar refractivity (Wildman–Crippen MR) is 154 cm³/mol. The van der Waals surface area contributed by atoms with E-state index in [9.17, 15) is 4.79 Å². The van der Waals surface area contributed by atoms with Crippen molar-refractivity contribution >= 4 is 23.2 Å². The molecule has 1 heterocycles. The van der Waals surface area contributed by atoms with Gasteiger partial charge in [-0.05, 0) is 89.0 Å². The van der Waals surface area contributed by atoms with Crippen molar-refractivity contribution in [3.05, 3.63) is 76.3 Å². The van der Waals surface area contributed by atoms with Crippen molar-refractivity contribution in [2.45, 2.75) is 64.7 Å². The van der Waals surface area contributed by atoms with Gasteiger partial charge in [0, 0.05) is 53.8 Å². The van der Waals surface area contributed by atoms with Crippen molar-refractivity contribution in [3.63, 3.8) is 0 Å². The van der Waals surface area contributed by atoms with E-state index < -0.39 is 0 Å². The normalized spacial score (nSPS) is 17.4. The van der Waals surface area contributed by atoms with E-state index in [1.165, 1.54) is 12.8 Å². The summed E-state index contributed by atoms with van der Waals surface area (Å²) in [5.41, 5.74) is 3.76. The number of methoxy groups -OCH3 is 1. The first kappa shape index (κ1) is 28.0. The maximum absolute atomic E-state index is 13.4. The number of aromatic nitrogens is 2. The van der Waals surface area contributed by atoms with Crippen molar-refractivity contribution in [2.24, 2.45) is 0 Å². The number of anilines is 1. The van der Waals surface area contributed by atoms with Gasteiger partial charge in [-0.1, -0.05) is 23.7 Å². The Balaban J connectivity index is 1.46. The molecule has 7 nitrogen and oxygen atoms in total. The fraction of sp³-hybridized carbons (Fsp3) is 0.467. The Morgan fingerprint density at radius 2 is 1.82 bits per heavy atom. The zero-order chi connectivity index (χ0) is 27.2. The SMILES string of the molecule is CCN(c1cc(Cl)cc(C(=O)NCc2nccn2Cc2ccc(OC)cc2)c1C)C1CCC(N(C)C)CC1. The molecule has 1 aromatic heterocycles. The molecule has 1 amide bonds. The Morgan fingerprint density at radius 1 is 1.13 bits per heavy atom. The quantitative estimate of drug-likeness (QED) is 0.368. The number of nitrogens with one attached hydrogen (secondary N) is 1. The Morgan fingerprint density at radius 3 is 2.45 bits per heavy atom. The number of amides is 1. The number of nitrogens with zero attached hydrogens (tertiary/aromatic N) is 4. The highest BCUT2D eigenvalue weighted by Crippen LogP contribution is 2.34. The minimum absolute atomic E-state index is 0.141. The molecule has 1 saturated carbocycles. The maximum atomic E-state index is 13.4. The van der Waals surface area contributed by atoms with Gasteiger partial charge in [-0.3, -0.25) is 4.79 Å². The number of rotatable bonds is 10. The summed E-state index contributed by atoms with van der Waals surface area (Å²) in [5.74, 6) is 1.48. The summed E-state index contributed by atoms with van der Waals surface area (Å²) in [6.45, 7) is 6.08. The average Bonchev–Trinajstić information content (AvgIpc) is 3.36.